The summed E-state index contributed by atoms with van der Waals surface area (Å²) < 4.78 is 38.7. The van der Waals surface area contributed by atoms with Gasteiger partial charge in [0.05, 0.1) is 11.8 Å². The number of thiazole rings is 1. The van der Waals surface area contributed by atoms with Crippen LogP contribution >= 0.6 is 11.3 Å². The lowest BCUT2D eigenvalue weighted by Gasteiger charge is -2.12. The number of nitrogens with one attached hydrogen (secondary N) is 3. The summed E-state index contributed by atoms with van der Waals surface area (Å²) >= 11 is 1.20. The fourth-order valence-corrected chi connectivity index (χ4v) is 3.61. The number of carbonyl (C=O) groups is 2. The van der Waals surface area contributed by atoms with Crippen LogP contribution in [0.1, 0.15) is 45.0 Å². The molecule has 0 bridgehead atoms. The van der Waals surface area contributed by atoms with Crippen LogP contribution < -0.4 is 16.0 Å². The van der Waals surface area contributed by atoms with E-state index in [2.05, 4.69) is 20.9 Å². The Kier molecular flexibility index (Phi) is 6.83. The van der Waals surface area contributed by atoms with Crippen LogP contribution in [0.15, 0.2) is 48.7 Å². The molecule has 3 rings (SSSR count). The predicted octanol–water partition coefficient (Wildman–Crippen LogP) is 5.80. The normalized spacial score (nSPS) is 11.3. The lowest BCUT2D eigenvalue weighted by Crippen LogP contribution is -2.15. The Morgan fingerprint density at radius 2 is 1.78 bits per heavy atom. The molecule has 2 amide bonds. The van der Waals surface area contributed by atoms with Crippen LogP contribution in [-0.2, 0) is 6.18 Å². The highest BCUT2D eigenvalue weighted by Crippen LogP contribution is 2.31. The molecule has 0 atom stereocenters. The van der Waals surface area contributed by atoms with Gasteiger partial charge >= 0.3 is 6.18 Å². The zero-order chi connectivity index (χ0) is 23.5. The van der Waals surface area contributed by atoms with Gasteiger partial charge < -0.3 is 16.0 Å². The highest BCUT2D eigenvalue weighted by Gasteiger charge is 2.30. The van der Waals surface area contributed by atoms with Crippen LogP contribution in [0, 0.1) is 6.92 Å². The van der Waals surface area contributed by atoms with Gasteiger partial charge in [0.15, 0.2) is 5.13 Å². The number of nitrogens with zero attached hydrogens (tertiary/aromatic N) is 1. The van der Waals surface area contributed by atoms with Gasteiger partial charge in [-0.3, -0.25) is 9.59 Å². The fourth-order valence-electron chi connectivity index (χ4n) is 2.75. The monoisotopic (exact) mass is 462 g/mol. The van der Waals surface area contributed by atoms with Crippen molar-refractivity contribution in [3.63, 3.8) is 0 Å². The lowest BCUT2D eigenvalue weighted by molar-refractivity contribution is -0.137. The molecule has 10 heteroatoms. The standard InChI is InChI=1S/C22H21F3N4O2S/c1-12(2)27-21-26-11-18(32-21)20(31)29-17-9-14(8-7-13(17)3)19(30)28-16-6-4-5-15(10-16)22(23,24)25/h4-12H,1-3H3,(H,26,27)(H,28,30)(H,29,31). The van der Waals surface area contributed by atoms with Crippen molar-refractivity contribution >= 4 is 39.7 Å². The average molecular weight is 462 g/mol. The Balaban J connectivity index is 1.74. The molecule has 0 radical (unpaired) electrons. The zero-order valence-electron chi connectivity index (χ0n) is 17.5. The number of aryl methyl sites for hydroxylation is 1. The summed E-state index contributed by atoms with van der Waals surface area (Å²) in [7, 11) is 0. The first kappa shape index (κ1) is 23.3. The molecule has 3 N–H and O–H groups in total. The Morgan fingerprint density at radius 1 is 1.03 bits per heavy atom. The maximum atomic E-state index is 12.9. The first-order valence-corrected chi connectivity index (χ1v) is 10.5. The van der Waals surface area contributed by atoms with Gasteiger partial charge in [-0.25, -0.2) is 4.98 Å². The number of halogens is 3. The Hall–Kier alpha value is -3.40. The quantitative estimate of drug-likeness (QED) is 0.433. The van der Waals surface area contributed by atoms with E-state index in [0.29, 0.717) is 15.7 Å². The molecule has 2 aromatic carbocycles. The van der Waals surface area contributed by atoms with Gasteiger partial charge in [0, 0.05) is 23.0 Å². The summed E-state index contributed by atoms with van der Waals surface area (Å²) in [5, 5.41) is 8.95. The van der Waals surface area contributed by atoms with E-state index in [4.69, 9.17) is 0 Å². The number of amides is 2. The molecule has 0 unspecified atom stereocenters. The smallest absolute Gasteiger partial charge is 0.359 e. The van der Waals surface area contributed by atoms with Crippen LogP contribution in [0.2, 0.25) is 0 Å². The molecule has 0 aliphatic carbocycles. The first-order chi connectivity index (χ1) is 15.0. The van der Waals surface area contributed by atoms with Crippen molar-refractivity contribution in [1.29, 1.82) is 0 Å². The van der Waals surface area contributed by atoms with E-state index in [1.54, 1.807) is 13.0 Å². The third-order valence-electron chi connectivity index (χ3n) is 4.34. The molecule has 0 aliphatic rings. The topological polar surface area (TPSA) is 83.1 Å². The molecule has 1 aromatic heterocycles. The SMILES string of the molecule is Cc1ccc(C(=O)Nc2cccc(C(F)(F)F)c2)cc1NC(=O)c1cnc(NC(C)C)s1. The molecular formula is C22H21F3N4O2S. The van der Waals surface area contributed by atoms with E-state index in [1.165, 1.54) is 41.8 Å². The van der Waals surface area contributed by atoms with E-state index >= 15 is 0 Å². The van der Waals surface area contributed by atoms with Crippen molar-refractivity contribution in [3.05, 3.63) is 70.2 Å². The molecule has 0 spiro atoms. The minimum Gasteiger partial charge on any atom is -0.359 e. The highest BCUT2D eigenvalue weighted by molar-refractivity contribution is 7.17. The van der Waals surface area contributed by atoms with Gasteiger partial charge in [-0.15, -0.1) is 0 Å². The minimum atomic E-state index is -4.51. The molecule has 3 aromatic rings. The van der Waals surface area contributed by atoms with Gasteiger partial charge in [0.25, 0.3) is 11.8 Å². The predicted molar refractivity (Wildman–Crippen MR) is 119 cm³/mol. The van der Waals surface area contributed by atoms with Crippen molar-refractivity contribution in [2.24, 2.45) is 0 Å². The first-order valence-electron chi connectivity index (χ1n) is 9.66. The fraction of sp³-hybridized carbons (Fsp3) is 0.227. The second-order valence-corrected chi connectivity index (χ2v) is 8.38. The number of alkyl halides is 3. The van der Waals surface area contributed by atoms with Gasteiger partial charge in [0.1, 0.15) is 4.88 Å². The van der Waals surface area contributed by atoms with E-state index in [1.807, 2.05) is 13.8 Å². The van der Waals surface area contributed by atoms with Crippen LogP contribution in [0.4, 0.5) is 29.7 Å². The number of hydrogen-bond acceptors (Lipinski definition) is 5. The molecule has 0 aliphatic heterocycles. The van der Waals surface area contributed by atoms with E-state index in [9.17, 15) is 22.8 Å². The number of aromatic nitrogens is 1. The summed E-state index contributed by atoms with van der Waals surface area (Å²) in [4.78, 5) is 29.7. The van der Waals surface area contributed by atoms with Crippen molar-refractivity contribution < 1.29 is 22.8 Å². The molecule has 0 saturated carbocycles. The van der Waals surface area contributed by atoms with Gasteiger partial charge in [-0.05, 0) is 56.7 Å². The average Bonchev–Trinajstić information content (AvgIpc) is 3.17. The summed E-state index contributed by atoms with van der Waals surface area (Å²) in [6.07, 6.45) is -3.05. The Bertz CT molecular complexity index is 1140. The summed E-state index contributed by atoms with van der Waals surface area (Å²) in [5.41, 5.74) is 0.487. The van der Waals surface area contributed by atoms with E-state index in [0.717, 1.165) is 17.7 Å². The third kappa shape index (κ3) is 5.85. The molecule has 6 nitrogen and oxygen atoms in total. The van der Waals surface area contributed by atoms with Crippen molar-refractivity contribution in [1.82, 2.24) is 4.98 Å². The molecule has 0 fully saturated rings. The summed E-state index contributed by atoms with van der Waals surface area (Å²) in [5.74, 6) is -0.973. The molecule has 32 heavy (non-hydrogen) atoms. The molecule has 1 heterocycles. The number of benzene rings is 2. The van der Waals surface area contributed by atoms with Crippen LogP contribution in [-0.4, -0.2) is 22.8 Å². The van der Waals surface area contributed by atoms with Crippen molar-refractivity contribution in [2.75, 3.05) is 16.0 Å². The molecule has 168 valence electrons. The Morgan fingerprint density at radius 3 is 2.47 bits per heavy atom. The second kappa shape index (κ2) is 9.39. The van der Waals surface area contributed by atoms with Gasteiger partial charge in [-0.2, -0.15) is 13.2 Å². The Labute approximate surface area is 186 Å². The maximum absolute atomic E-state index is 12.9. The molecule has 0 saturated heterocycles. The van der Waals surface area contributed by atoms with Gasteiger partial charge in [0.2, 0.25) is 0 Å². The third-order valence-corrected chi connectivity index (χ3v) is 5.26. The number of hydrogen-bond donors (Lipinski definition) is 3. The second-order valence-electron chi connectivity index (χ2n) is 7.35. The van der Waals surface area contributed by atoms with E-state index in [-0.39, 0.29) is 23.2 Å². The van der Waals surface area contributed by atoms with Crippen LogP contribution in [0.5, 0.6) is 0 Å². The summed E-state index contributed by atoms with van der Waals surface area (Å²) in [6.45, 7) is 5.68. The number of rotatable bonds is 6. The maximum Gasteiger partial charge on any atom is 0.416 e. The zero-order valence-corrected chi connectivity index (χ0v) is 18.3. The summed E-state index contributed by atoms with van der Waals surface area (Å²) in [6, 6.07) is 9.21. The largest absolute Gasteiger partial charge is 0.416 e. The van der Waals surface area contributed by atoms with Crippen molar-refractivity contribution in [3.8, 4) is 0 Å². The van der Waals surface area contributed by atoms with Crippen molar-refractivity contribution in [2.45, 2.75) is 33.0 Å². The van der Waals surface area contributed by atoms with Crippen LogP contribution in [0.25, 0.3) is 0 Å². The lowest BCUT2D eigenvalue weighted by atomic mass is 10.1. The number of anilines is 3. The molecular weight excluding hydrogens is 441 g/mol. The minimum absolute atomic E-state index is 0.0193. The van der Waals surface area contributed by atoms with Gasteiger partial charge in [-0.1, -0.05) is 23.5 Å². The highest BCUT2D eigenvalue weighted by atomic mass is 32.1. The van der Waals surface area contributed by atoms with E-state index < -0.39 is 17.6 Å². The van der Waals surface area contributed by atoms with Crippen LogP contribution in [0.3, 0.4) is 0 Å². The number of carbonyl (C=O) groups excluding carboxylic acids is 2.